The molecule has 0 spiro atoms. The minimum Gasteiger partial charge on any atom is -0.461 e. The standard InChI is InChI=1S/C17H17FN2O5S/c1-2-25-17(22)15-8-5-13(11-19-15)16(21)20-26(23,24)10-9-12-3-6-14(18)7-4-12/h3-8,11H,2,9-10H2,1H3,(H,20,21). The highest BCUT2D eigenvalue weighted by molar-refractivity contribution is 7.90. The van der Waals surface area contributed by atoms with Crippen LogP contribution in [0.2, 0.25) is 0 Å². The number of carbonyl (C=O) groups is 2. The summed E-state index contributed by atoms with van der Waals surface area (Å²) in [5, 5.41) is 0. The lowest BCUT2D eigenvalue weighted by Crippen LogP contribution is -2.33. The van der Waals surface area contributed by atoms with E-state index in [1.807, 2.05) is 4.72 Å². The largest absolute Gasteiger partial charge is 0.461 e. The minimum absolute atomic E-state index is 0.0107. The average molecular weight is 380 g/mol. The van der Waals surface area contributed by atoms with Gasteiger partial charge in [0.2, 0.25) is 10.0 Å². The number of hydrogen-bond acceptors (Lipinski definition) is 6. The Bertz CT molecular complexity index is 880. The van der Waals surface area contributed by atoms with E-state index in [0.717, 1.165) is 6.20 Å². The quantitative estimate of drug-likeness (QED) is 0.734. The van der Waals surface area contributed by atoms with E-state index >= 15 is 0 Å². The molecule has 0 saturated carbocycles. The zero-order valence-corrected chi connectivity index (χ0v) is 14.8. The summed E-state index contributed by atoms with van der Waals surface area (Å²) in [6, 6.07) is 7.98. The Morgan fingerprint density at radius 2 is 1.85 bits per heavy atom. The van der Waals surface area contributed by atoms with Gasteiger partial charge < -0.3 is 4.74 Å². The van der Waals surface area contributed by atoms with Crippen LogP contribution in [0.25, 0.3) is 0 Å². The second-order valence-corrected chi connectivity index (χ2v) is 7.12. The van der Waals surface area contributed by atoms with Gasteiger partial charge in [-0.2, -0.15) is 0 Å². The van der Waals surface area contributed by atoms with Crippen molar-refractivity contribution in [3.63, 3.8) is 0 Å². The van der Waals surface area contributed by atoms with Crippen LogP contribution in [-0.2, 0) is 21.2 Å². The molecule has 1 amide bonds. The number of ether oxygens (including phenoxy) is 1. The van der Waals surface area contributed by atoms with Crippen LogP contribution in [0.3, 0.4) is 0 Å². The first-order chi connectivity index (χ1) is 12.3. The van der Waals surface area contributed by atoms with E-state index in [-0.39, 0.29) is 30.0 Å². The van der Waals surface area contributed by atoms with Gasteiger partial charge in [0.15, 0.2) is 0 Å². The first-order valence-electron chi connectivity index (χ1n) is 7.73. The third kappa shape index (κ3) is 5.62. The Balaban J connectivity index is 1.96. The number of nitrogens with zero attached hydrogens (tertiary/aromatic N) is 1. The number of carbonyl (C=O) groups excluding carboxylic acids is 2. The zero-order valence-electron chi connectivity index (χ0n) is 13.9. The van der Waals surface area contributed by atoms with Crippen molar-refractivity contribution < 1.29 is 27.1 Å². The SMILES string of the molecule is CCOC(=O)c1ccc(C(=O)NS(=O)(=O)CCc2ccc(F)cc2)cn1. The molecule has 0 aliphatic heterocycles. The number of amides is 1. The molecule has 1 N–H and O–H groups in total. The monoisotopic (exact) mass is 380 g/mol. The highest BCUT2D eigenvalue weighted by Gasteiger charge is 2.17. The first kappa shape index (κ1) is 19.5. The van der Waals surface area contributed by atoms with E-state index in [1.54, 1.807) is 6.92 Å². The van der Waals surface area contributed by atoms with Gasteiger partial charge in [0.05, 0.1) is 17.9 Å². The lowest BCUT2D eigenvalue weighted by atomic mass is 10.2. The maximum atomic E-state index is 12.8. The van der Waals surface area contributed by atoms with Gasteiger partial charge in [-0.15, -0.1) is 0 Å². The van der Waals surface area contributed by atoms with Gasteiger partial charge in [-0.25, -0.2) is 27.3 Å². The van der Waals surface area contributed by atoms with Gasteiger partial charge in [-0.1, -0.05) is 12.1 Å². The van der Waals surface area contributed by atoms with Gasteiger partial charge in [-0.3, -0.25) is 4.79 Å². The van der Waals surface area contributed by atoms with Gasteiger partial charge >= 0.3 is 5.97 Å². The summed E-state index contributed by atoms with van der Waals surface area (Å²) in [6.07, 6.45) is 1.22. The Hall–Kier alpha value is -2.81. The number of sulfonamides is 1. The van der Waals surface area contributed by atoms with E-state index in [2.05, 4.69) is 4.98 Å². The minimum atomic E-state index is -3.89. The van der Waals surface area contributed by atoms with Crippen LogP contribution in [-0.4, -0.2) is 37.6 Å². The number of hydrogen-bond donors (Lipinski definition) is 1. The second-order valence-electron chi connectivity index (χ2n) is 5.28. The second kappa shape index (κ2) is 8.52. The third-order valence-corrected chi connectivity index (χ3v) is 4.57. The zero-order chi connectivity index (χ0) is 19.2. The molecule has 1 heterocycles. The summed E-state index contributed by atoms with van der Waals surface area (Å²) in [5.74, 6) is -2.24. The summed E-state index contributed by atoms with van der Waals surface area (Å²) in [5.41, 5.74) is 0.635. The Labute approximate surface area is 150 Å². The number of benzene rings is 1. The van der Waals surface area contributed by atoms with Crippen LogP contribution in [0.15, 0.2) is 42.6 Å². The summed E-state index contributed by atoms with van der Waals surface area (Å²) in [4.78, 5) is 27.3. The van der Waals surface area contributed by atoms with Gasteiger partial charge in [-0.05, 0) is 43.2 Å². The number of rotatable bonds is 7. The van der Waals surface area contributed by atoms with Crippen LogP contribution in [0.5, 0.6) is 0 Å². The van der Waals surface area contributed by atoms with Crippen LogP contribution in [0.1, 0.15) is 33.3 Å². The molecule has 0 bridgehead atoms. The maximum Gasteiger partial charge on any atom is 0.356 e. The highest BCUT2D eigenvalue weighted by Crippen LogP contribution is 2.06. The van der Waals surface area contributed by atoms with Gasteiger partial charge in [0.25, 0.3) is 5.91 Å². The fourth-order valence-electron chi connectivity index (χ4n) is 2.01. The van der Waals surface area contributed by atoms with Crippen molar-refractivity contribution in [3.05, 3.63) is 65.2 Å². The molecular formula is C17H17FN2O5S. The molecule has 0 fully saturated rings. The molecule has 26 heavy (non-hydrogen) atoms. The summed E-state index contributed by atoms with van der Waals surface area (Å²) < 4.78 is 43.6. The molecule has 9 heteroatoms. The van der Waals surface area contributed by atoms with Crippen LogP contribution < -0.4 is 4.72 Å². The number of esters is 1. The summed E-state index contributed by atoms with van der Waals surface area (Å²) in [7, 11) is -3.89. The van der Waals surface area contributed by atoms with Crippen molar-refractivity contribution >= 4 is 21.9 Å². The van der Waals surface area contributed by atoms with E-state index in [1.165, 1.54) is 36.4 Å². The van der Waals surface area contributed by atoms with Crippen LogP contribution >= 0.6 is 0 Å². The smallest absolute Gasteiger partial charge is 0.356 e. The number of halogens is 1. The molecule has 0 aliphatic carbocycles. The Kier molecular flexibility index (Phi) is 6.40. The molecule has 1 aromatic carbocycles. The number of aryl methyl sites for hydroxylation is 1. The molecule has 2 rings (SSSR count). The molecule has 0 radical (unpaired) electrons. The lowest BCUT2D eigenvalue weighted by Gasteiger charge is -2.07. The van der Waals surface area contributed by atoms with E-state index in [0.29, 0.717) is 5.56 Å². The molecule has 0 atom stereocenters. The number of aromatic nitrogens is 1. The van der Waals surface area contributed by atoms with E-state index < -0.39 is 27.7 Å². The third-order valence-electron chi connectivity index (χ3n) is 3.33. The number of nitrogens with one attached hydrogen (secondary N) is 1. The highest BCUT2D eigenvalue weighted by atomic mass is 32.2. The first-order valence-corrected chi connectivity index (χ1v) is 9.38. The average Bonchev–Trinajstić information content (AvgIpc) is 2.61. The molecule has 138 valence electrons. The fourth-order valence-corrected chi connectivity index (χ4v) is 3.02. The number of pyridine rings is 1. The van der Waals surface area contributed by atoms with Crippen molar-refractivity contribution in [2.24, 2.45) is 0 Å². The maximum absolute atomic E-state index is 12.8. The normalized spacial score (nSPS) is 11.0. The van der Waals surface area contributed by atoms with Crippen molar-refractivity contribution in [1.29, 1.82) is 0 Å². The Morgan fingerprint density at radius 1 is 1.15 bits per heavy atom. The summed E-state index contributed by atoms with van der Waals surface area (Å²) >= 11 is 0. The fraction of sp³-hybridized carbons (Fsp3) is 0.235. The predicted molar refractivity (Wildman–Crippen MR) is 91.6 cm³/mol. The molecule has 0 unspecified atom stereocenters. The van der Waals surface area contributed by atoms with E-state index in [4.69, 9.17) is 4.74 Å². The van der Waals surface area contributed by atoms with E-state index in [9.17, 15) is 22.4 Å². The molecule has 0 saturated heterocycles. The van der Waals surface area contributed by atoms with Crippen molar-refractivity contribution in [2.75, 3.05) is 12.4 Å². The van der Waals surface area contributed by atoms with Gasteiger partial charge in [0.1, 0.15) is 11.5 Å². The van der Waals surface area contributed by atoms with Gasteiger partial charge in [0, 0.05) is 6.20 Å². The molecule has 0 aliphatic rings. The van der Waals surface area contributed by atoms with Crippen molar-refractivity contribution in [2.45, 2.75) is 13.3 Å². The van der Waals surface area contributed by atoms with Crippen LogP contribution in [0, 0.1) is 5.82 Å². The summed E-state index contributed by atoms with van der Waals surface area (Å²) in [6.45, 7) is 1.84. The van der Waals surface area contributed by atoms with Crippen LogP contribution in [0.4, 0.5) is 4.39 Å². The van der Waals surface area contributed by atoms with Crippen molar-refractivity contribution in [3.8, 4) is 0 Å². The topological polar surface area (TPSA) is 102 Å². The molecule has 1 aromatic heterocycles. The molecule has 7 nitrogen and oxygen atoms in total. The lowest BCUT2D eigenvalue weighted by molar-refractivity contribution is 0.0519. The molecule has 2 aromatic rings. The van der Waals surface area contributed by atoms with Crippen molar-refractivity contribution in [1.82, 2.24) is 9.71 Å². The predicted octanol–water partition coefficient (Wildman–Crippen LogP) is 1.70. The molecular weight excluding hydrogens is 363 g/mol. The Morgan fingerprint density at radius 3 is 2.42 bits per heavy atom.